The molecule has 204 valence electrons. The minimum absolute atomic E-state index is 0.501. The van der Waals surface area contributed by atoms with Gasteiger partial charge in [0, 0.05) is 35.5 Å². The molecule has 0 aromatic heterocycles. The van der Waals surface area contributed by atoms with Crippen LogP contribution in [0.5, 0.6) is 0 Å². The second-order valence-electron chi connectivity index (χ2n) is 7.27. The fourth-order valence-electron chi connectivity index (χ4n) is 2.36. The summed E-state index contributed by atoms with van der Waals surface area (Å²) < 4.78 is 76.3. The molecule has 0 aliphatic heterocycles. The zero-order valence-electron chi connectivity index (χ0n) is 22.2. The monoisotopic (exact) mass is 654 g/mol. The van der Waals surface area contributed by atoms with Gasteiger partial charge >= 0.3 is 36.2 Å². The van der Waals surface area contributed by atoms with Crippen molar-refractivity contribution in [1.29, 1.82) is 0 Å². The van der Waals surface area contributed by atoms with E-state index < -0.39 is 81.7 Å². The second kappa shape index (κ2) is 16.6. The van der Waals surface area contributed by atoms with Gasteiger partial charge in [-0.2, -0.15) is 0 Å². The standard InChI is InChI=1S/C13H38O13Si9/c1-14-32(15-2,21-29(8)9)24-35(20-28-7,23-31(12)13)26-33(16-3,17-4)25-34(18-5,19-27-6)22-30(10)11/h6-7,29-31H,1-5,8-13H3. The normalized spacial score (nSPS) is 16.0. The van der Waals surface area contributed by atoms with Crippen molar-refractivity contribution < 1.29 is 55.1 Å². The van der Waals surface area contributed by atoms with Crippen LogP contribution in [0.3, 0.4) is 0 Å². The smallest absolute Gasteiger partial charge is 0.496 e. The fraction of sp³-hybridized carbons (Fsp3) is 0.846. The molecule has 22 heteroatoms. The van der Waals surface area contributed by atoms with Gasteiger partial charge < -0.3 is 55.1 Å². The third-order valence-corrected chi connectivity index (χ3v) is 24.1. The molecule has 0 N–H and O–H groups in total. The first-order chi connectivity index (χ1) is 16.3. The molecule has 0 bridgehead atoms. The van der Waals surface area contributed by atoms with Crippen molar-refractivity contribution in [3.8, 4) is 12.0 Å². The first kappa shape index (κ1) is 35.7. The zero-order valence-corrected chi connectivity index (χ0v) is 31.7. The highest BCUT2D eigenvalue weighted by atomic mass is 28.6. The predicted octanol–water partition coefficient (Wildman–Crippen LogP) is -0.540. The molecule has 0 aromatic rings. The average molecular weight is 655 g/mol. The lowest BCUT2D eigenvalue weighted by Gasteiger charge is -2.40. The number of hydrogen-bond acceptors (Lipinski definition) is 13. The van der Waals surface area contributed by atoms with Crippen molar-refractivity contribution >= 4 is 81.7 Å². The molecule has 35 heavy (non-hydrogen) atoms. The van der Waals surface area contributed by atoms with Crippen LogP contribution in [0, 0.1) is 12.0 Å². The topological polar surface area (TPSA) is 120 Å². The first-order valence-electron chi connectivity index (χ1n) is 10.5. The summed E-state index contributed by atoms with van der Waals surface area (Å²) in [6, 6.07) is 11.5. The molecule has 0 amide bonds. The van der Waals surface area contributed by atoms with E-state index in [4.69, 9.17) is 67.1 Å². The minimum Gasteiger partial charge on any atom is -0.496 e. The molecule has 0 aliphatic carbocycles. The molecular weight excluding hydrogens is 617 g/mol. The van der Waals surface area contributed by atoms with Crippen molar-refractivity contribution in [2.24, 2.45) is 0 Å². The van der Waals surface area contributed by atoms with Crippen molar-refractivity contribution in [1.82, 2.24) is 0 Å². The van der Waals surface area contributed by atoms with Gasteiger partial charge in [0.2, 0.25) is 18.4 Å². The molecule has 0 heterocycles. The molecule has 2 unspecified atom stereocenters. The zero-order chi connectivity index (χ0) is 27.3. The Hall–Kier alpha value is 0.672. The van der Waals surface area contributed by atoms with Gasteiger partial charge in [0.25, 0.3) is 0 Å². The highest BCUT2D eigenvalue weighted by molar-refractivity contribution is 6.83. The molecule has 0 spiro atoms. The highest BCUT2D eigenvalue weighted by Crippen LogP contribution is 2.29. The summed E-state index contributed by atoms with van der Waals surface area (Å²) in [5.41, 5.74) is 0. The van der Waals surface area contributed by atoms with E-state index in [9.17, 15) is 0 Å². The Kier molecular flexibility index (Phi) is 16.9. The summed E-state index contributed by atoms with van der Waals surface area (Å²) in [4.78, 5) is 0. The molecular formula is C13H38O13Si9. The maximum absolute atomic E-state index is 6.29. The van der Waals surface area contributed by atoms with Crippen LogP contribution in [-0.2, 0) is 55.1 Å². The molecule has 0 saturated heterocycles. The maximum atomic E-state index is 6.29. The molecule has 0 aliphatic rings. The lowest BCUT2D eigenvalue weighted by atomic mass is 11.8. The van der Waals surface area contributed by atoms with Crippen LogP contribution in [0.4, 0.5) is 0 Å². The van der Waals surface area contributed by atoms with Crippen LogP contribution >= 0.6 is 0 Å². The van der Waals surface area contributed by atoms with Crippen molar-refractivity contribution in [3.63, 3.8) is 0 Å². The Morgan fingerprint density at radius 3 is 1.09 bits per heavy atom. The summed E-state index contributed by atoms with van der Waals surface area (Å²) >= 11 is 0. The summed E-state index contributed by atoms with van der Waals surface area (Å²) in [5.74, 6) is 0. The van der Waals surface area contributed by atoms with Crippen LogP contribution in [0.1, 0.15) is 0 Å². The number of hydrogen-bond donors (Lipinski definition) is 0. The Bertz CT molecular complexity index is 697. The van der Waals surface area contributed by atoms with Gasteiger partial charge in [-0.25, -0.2) is 0 Å². The summed E-state index contributed by atoms with van der Waals surface area (Å²) in [6.45, 7) is 11.5. The fourth-order valence-corrected chi connectivity index (χ4v) is 24.7. The Morgan fingerprint density at radius 1 is 0.457 bits per heavy atom. The van der Waals surface area contributed by atoms with E-state index in [1.807, 2.05) is 39.3 Å². The summed E-state index contributed by atoms with van der Waals surface area (Å²) in [5, 5.41) is 0. The van der Waals surface area contributed by atoms with Crippen LogP contribution in [0.2, 0.25) is 39.3 Å². The van der Waals surface area contributed by atoms with E-state index >= 15 is 0 Å². The third-order valence-electron chi connectivity index (χ3n) is 3.51. The summed E-state index contributed by atoms with van der Waals surface area (Å²) in [6.07, 6.45) is 0. The van der Waals surface area contributed by atoms with E-state index in [-0.39, 0.29) is 0 Å². The van der Waals surface area contributed by atoms with Gasteiger partial charge in [-0.1, -0.05) is 0 Å². The highest BCUT2D eigenvalue weighted by Gasteiger charge is 2.69. The third kappa shape index (κ3) is 11.5. The first-order valence-corrected chi connectivity index (χ1v) is 27.3. The Labute approximate surface area is 223 Å². The van der Waals surface area contributed by atoms with Crippen LogP contribution in [-0.4, -0.2) is 117 Å². The number of rotatable bonds is 19. The maximum Gasteiger partial charge on any atom is 0.727 e. The van der Waals surface area contributed by atoms with Crippen LogP contribution in [0.15, 0.2) is 0 Å². The molecule has 13 nitrogen and oxygen atoms in total. The van der Waals surface area contributed by atoms with Crippen molar-refractivity contribution in [2.45, 2.75) is 39.3 Å². The average Bonchev–Trinajstić information content (AvgIpc) is 2.77. The Balaban J connectivity index is 6.71. The quantitative estimate of drug-likeness (QED) is 0.166. The lowest BCUT2D eigenvalue weighted by Crippen LogP contribution is -2.70. The van der Waals surface area contributed by atoms with Crippen LogP contribution in [0.25, 0.3) is 0 Å². The van der Waals surface area contributed by atoms with Crippen LogP contribution < -0.4 is 0 Å². The molecule has 0 rings (SSSR count). The van der Waals surface area contributed by atoms with Gasteiger partial charge in [0.1, 0.15) is 0 Å². The SMILES string of the molecule is C#[Si]O[Si](OC)(O[SiH](C)C)O[Si](OC)(OC)O[Si](O[Si]#C)(O[SiH](C)C)O[Si](OC)(OC)O[SiH](C)C. The lowest BCUT2D eigenvalue weighted by molar-refractivity contribution is -0.0221. The van der Waals surface area contributed by atoms with Crippen molar-refractivity contribution in [2.75, 3.05) is 35.5 Å². The van der Waals surface area contributed by atoms with E-state index in [2.05, 4.69) is 0 Å². The van der Waals surface area contributed by atoms with Gasteiger partial charge in [0.15, 0.2) is 27.1 Å². The molecule has 0 saturated carbocycles. The van der Waals surface area contributed by atoms with Gasteiger partial charge in [-0.3, -0.25) is 0 Å². The Morgan fingerprint density at radius 2 is 0.743 bits per heavy atom. The second-order valence-corrected chi connectivity index (χ2v) is 27.0. The molecule has 0 radical (unpaired) electrons. The van der Waals surface area contributed by atoms with E-state index in [1.165, 1.54) is 35.5 Å². The van der Waals surface area contributed by atoms with Gasteiger partial charge in [-0.15, -0.1) is 12.0 Å². The molecule has 0 aromatic carbocycles. The van der Waals surface area contributed by atoms with Crippen molar-refractivity contribution in [3.05, 3.63) is 0 Å². The molecule has 2 atom stereocenters. The summed E-state index contributed by atoms with van der Waals surface area (Å²) in [7, 11) is -15.8. The van der Waals surface area contributed by atoms with Gasteiger partial charge in [-0.05, 0) is 39.3 Å². The van der Waals surface area contributed by atoms with E-state index in [1.54, 1.807) is 0 Å². The predicted molar refractivity (Wildman–Crippen MR) is 145 cm³/mol. The van der Waals surface area contributed by atoms with E-state index in [0.717, 1.165) is 0 Å². The minimum atomic E-state index is -4.27. The van der Waals surface area contributed by atoms with Gasteiger partial charge in [0.05, 0.1) is 0 Å². The molecule has 0 fully saturated rings. The van der Waals surface area contributed by atoms with E-state index in [0.29, 0.717) is 0 Å². The largest absolute Gasteiger partial charge is 0.727 e.